The Morgan fingerprint density at radius 1 is 0.778 bits per heavy atom. The van der Waals surface area contributed by atoms with Gasteiger partial charge in [0.15, 0.2) is 0 Å². The van der Waals surface area contributed by atoms with Crippen molar-refractivity contribution in [3.63, 3.8) is 0 Å². The topological polar surface area (TPSA) is 0 Å². The molecule has 0 bridgehead atoms. The van der Waals surface area contributed by atoms with E-state index < -0.39 is 0 Å². The highest BCUT2D eigenvalue weighted by Crippen LogP contribution is 2.54. The van der Waals surface area contributed by atoms with Crippen LogP contribution >= 0.6 is 0 Å². The van der Waals surface area contributed by atoms with Gasteiger partial charge in [-0.2, -0.15) is 0 Å². The quantitative estimate of drug-likeness (QED) is 0.370. The summed E-state index contributed by atoms with van der Waals surface area (Å²) in [4.78, 5) is 0. The molecule has 0 aliphatic heterocycles. The van der Waals surface area contributed by atoms with E-state index in [2.05, 4.69) is 41.5 Å². The fraction of sp³-hybridized carbons (Fsp3) is 1.00. The van der Waals surface area contributed by atoms with Crippen molar-refractivity contribution in [1.29, 1.82) is 0 Å². The van der Waals surface area contributed by atoms with Crippen LogP contribution in [0.1, 0.15) is 147 Å². The highest BCUT2D eigenvalue weighted by Gasteiger charge is 2.46. The number of rotatable bonds is 9. The molecule has 1 aliphatic rings. The first-order chi connectivity index (χ1) is 13.0. The van der Waals surface area contributed by atoms with Gasteiger partial charge in [0.25, 0.3) is 0 Å². The van der Waals surface area contributed by atoms with Gasteiger partial charge in [0.2, 0.25) is 0 Å². The molecule has 0 heterocycles. The van der Waals surface area contributed by atoms with E-state index in [0.29, 0.717) is 5.41 Å². The van der Waals surface area contributed by atoms with Crippen molar-refractivity contribution in [2.24, 2.45) is 29.1 Å². The molecule has 3 unspecified atom stereocenters. The molecule has 0 nitrogen and oxygen atoms in total. The molecule has 0 spiro atoms. The van der Waals surface area contributed by atoms with E-state index in [4.69, 9.17) is 0 Å². The van der Waals surface area contributed by atoms with E-state index in [0.717, 1.165) is 23.7 Å². The minimum atomic E-state index is 0.577. The molecular weight excluding hydrogens is 324 g/mol. The first kappa shape index (κ1) is 31.7. The minimum absolute atomic E-state index is 0.577. The lowest BCUT2D eigenvalue weighted by Gasteiger charge is -2.52. The van der Waals surface area contributed by atoms with Gasteiger partial charge >= 0.3 is 0 Å². The van der Waals surface area contributed by atoms with E-state index >= 15 is 0 Å². The van der Waals surface area contributed by atoms with Crippen molar-refractivity contribution >= 4 is 0 Å². The SMILES string of the molecule is CC.CC.CC.CCCCC(CC)C(C)(C1CCCCC1)C(CC)C(C)C. The Balaban J connectivity index is -0.000000869. The van der Waals surface area contributed by atoms with Crippen LogP contribution in [-0.2, 0) is 0 Å². The lowest BCUT2D eigenvalue weighted by molar-refractivity contribution is -0.0296. The van der Waals surface area contributed by atoms with E-state index in [1.165, 1.54) is 64.2 Å². The van der Waals surface area contributed by atoms with Crippen LogP contribution in [0.5, 0.6) is 0 Å². The van der Waals surface area contributed by atoms with Gasteiger partial charge in [-0.15, -0.1) is 0 Å². The maximum Gasteiger partial charge on any atom is -0.0239 e. The smallest absolute Gasteiger partial charge is 0.0239 e. The highest BCUT2D eigenvalue weighted by molar-refractivity contribution is 4.95. The number of hydrogen-bond donors (Lipinski definition) is 0. The second-order valence-corrected chi connectivity index (χ2v) is 8.21. The van der Waals surface area contributed by atoms with Crippen LogP contribution in [0.15, 0.2) is 0 Å². The first-order valence-corrected chi connectivity index (χ1v) is 13.0. The molecular formula is C27H60. The molecule has 0 N–H and O–H groups in total. The molecule has 0 aromatic carbocycles. The summed E-state index contributed by atoms with van der Waals surface area (Å²) in [6.45, 7) is 26.9. The molecule has 0 aromatic heterocycles. The van der Waals surface area contributed by atoms with Crippen molar-refractivity contribution in [2.45, 2.75) is 147 Å². The maximum atomic E-state index is 2.70. The van der Waals surface area contributed by atoms with Crippen molar-refractivity contribution < 1.29 is 0 Å². The minimum Gasteiger partial charge on any atom is -0.0683 e. The monoisotopic (exact) mass is 384 g/mol. The average Bonchev–Trinajstić information content (AvgIpc) is 2.74. The molecule has 0 saturated heterocycles. The molecule has 0 radical (unpaired) electrons. The zero-order chi connectivity index (χ0) is 21.9. The predicted octanol–water partition coefficient (Wildman–Crippen LogP) is 10.6. The van der Waals surface area contributed by atoms with Gasteiger partial charge in [0, 0.05) is 0 Å². The molecule has 0 amide bonds. The van der Waals surface area contributed by atoms with Gasteiger partial charge in [0.1, 0.15) is 0 Å². The lowest BCUT2D eigenvalue weighted by atomic mass is 9.53. The van der Waals surface area contributed by atoms with Crippen molar-refractivity contribution in [1.82, 2.24) is 0 Å². The second-order valence-electron chi connectivity index (χ2n) is 8.21. The van der Waals surface area contributed by atoms with E-state index in [1.54, 1.807) is 0 Å². The van der Waals surface area contributed by atoms with Gasteiger partial charge in [-0.3, -0.25) is 0 Å². The second kappa shape index (κ2) is 20.7. The molecule has 1 fully saturated rings. The first-order valence-electron chi connectivity index (χ1n) is 13.0. The Kier molecular flexibility index (Phi) is 24.3. The molecule has 0 heteroatoms. The fourth-order valence-corrected chi connectivity index (χ4v) is 5.70. The Labute approximate surface area is 176 Å². The molecule has 1 saturated carbocycles. The molecule has 1 aliphatic carbocycles. The van der Waals surface area contributed by atoms with Crippen LogP contribution in [0.2, 0.25) is 0 Å². The number of hydrogen-bond acceptors (Lipinski definition) is 0. The Morgan fingerprint density at radius 2 is 1.26 bits per heavy atom. The Hall–Kier alpha value is 0. The van der Waals surface area contributed by atoms with Crippen molar-refractivity contribution in [3.05, 3.63) is 0 Å². The summed E-state index contributed by atoms with van der Waals surface area (Å²) in [6, 6.07) is 0. The molecule has 27 heavy (non-hydrogen) atoms. The highest BCUT2D eigenvalue weighted by atomic mass is 14.5. The van der Waals surface area contributed by atoms with Gasteiger partial charge in [0.05, 0.1) is 0 Å². The summed E-state index contributed by atoms with van der Waals surface area (Å²) in [6.07, 6.45) is 14.5. The predicted molar refractivity (Wildman–Crippen MR) is 131 cm³/mol. The zero-order valence-corrected chi connectivity index (χ0v) is 21.9. The Morgan fingerprint density at radius 3 is 1.59 bits per heavy atom. The zero-order valence-electron chi connectivity index (χ0n) is 21.9. The van der Waals surface area contributed by atoms with Crippen LogP contribution in [-0.4, -0.2) is 0 Å². The van der Waals surface area contributed by atoms with Crippen molar-refractivity contribution in [2.75, 3.05) is 0 Å². The van der Waals surface area contributed by atoms with Gasteiger partial charge in [-0.25, -0.2) is 0 Å². The summed E-state index contributed by atoms with van der Waals surface area (Å²) in [5.41, 5.74) is 0.577. The summed E-state index contributed by atoms with van der Waals surface area (Å²) >= 11 is 0. The summed E-state index contributed by atoms with van der Waals surface area (Å²) in [7, 11) is 0. The van der Waals surface area contributed by atoms with Crippen LogP contribution in [0.25, 0.3) is 0 Å². The van der Waals surface area contributed by atoms with Crippen LogP contribution in [0.4, 0.5) is 0 Å². The summed E-state index contributed by atoms with van der Waals surface area (Å²) in [5.74, 6) is 3.66. The molecule has 0 aromatic rings. The maximum absolute atomic E-state index is 2.70. The lowest BCUT2D eigenvalue weighted by Crippen LogP contribution is -2.44. The van der Waals surface area contributed by atoms with Gasteiger partial charge in [-0.1, -0.05) is 128 Å². The Bertz CT molecular complexity index is 261. The van der Waals surface area contributed by atoms with E-state index in [9.17, 15) is 0 Å². The number of unbranched alkanes of at least 4 members (excludes halogenated alkanes) is 1. The fourth-order valence-electron chi connectivity index (χ4n) is 5.70. The third-order valence-electron chi connectivity index (χ3n) is 6.81. The third-order valence-corrected chi connectivity index (χ3v) is 6.81. The van der Waals surface area contributed by atoms with Crippen LogP contribution in [0.3, 0.4) is 0 Å². The summed E-state index contributed by atoms with van der Waals surface area (Å²) in [5, 5.41) is 0. The standard InChI is InChI=1S/C21H42.3C2H6/c1-7-10-14-18(8-2)21(6,20(9-3)17(4)5)19-15-12-11-13-16-19;3*1-2/h17-20H,7-16H2,1-6H3;3*1-2H3. The average molecular weight is 385 g/mol. The van der Waals surface area contributed by atoms with E-state index in [-0.39, 0.29) is 0 Å². The van der Waals surface area contributed by atoms with E-state index in [1.807, 2.05) is 41.5 Å². The molecule has 1 rings (SSSR count). The van der Waals surface area contributed by atoms with Crippen LogP contribution < -0.4 is 0 Å². The van der Waals surface area contributed by atoms with Gasteiger partial charge < -0.3 is 0 Å². The van der Waals surface area contributed by atoms with Gasteiger partial charge in [-0.05, 0) is 48.3 Å². The normalized spacial score (nSPS) is 18.6. The summed E-state index contributed by atoms with van der Waals surface area (Å²) < 4.78 is 0. The third kappa shape index (κ3) is 10.4. The van der Waals surface area contributed by atoms with Crippen molar-refractivity contribution in [3.8, 4) is 0 Å². The van der Waals surface area contributed by atoms with Crippen LogP contribution in [0, 0.1) is 29.1 Å². The molecule has 3 atom stereocenters. The molecule has 168 valence electrons. The largest absolute Gasteiger partial charge is 0.0683 e.